The lowest BCUT2D eigenvalue weighted by molar-refractivity contribution is 0.519. The van der Waals surface area contributed by atoms with Crippen molar-refractivity contribution in [3.8, 4) is 0 Å². The minimum Gasteiger partial charge on any atom is -0.388 e. The monoisotopic (exact) mass is 237 g/mol. The minimum atomic E-state index is 0.340. The van der Waals surface area contributed by atoms with Crippen LogP contribution >= 0.6 is 12.2 Å². The van der Waals surface area contributed by atoms with E-state index in [2.05, 4.69) is 24.1 Å². The summed E-state index contributed by atoms with van der Waals surface area (Å²) < 4.78 is 0. The van der Waals surface area contributed by atoms with Crippen molar-refractivity contribution in [2.24, 2.45) is 11.7 Å². The summed E-state index contributed by atoms with van der Waals surface area (Å²) in [5, 5.41) is 3.37. The number of hydrogen-bond donors (Lipinski definition) is 2. The Bertz CT molecular complexity index is 348. The largest absolute Gasteiger partial charge is 0.388 e. The first-order valence-electron chi connectivity index (χ1n) is 5.67. The molecule has 1 rings (SSSR count). The maximum Gasteiger partial charge on any atom is 0.124 e. The molecule has 0 saturated carbocycles. The molecule has 4 heteroatoms. The van der Waals surface area contributed by atoms with Gasteiger partial charge in [0, 0.05) is 12.7 Å². The Labute approximate surface area is 102 Å². The Balaban J connectivity index is 2.69. The lowest BCUT2D eigenvalue weighted by Gasteiger charge is -2.15. The lowest BCUT2D eigenvalue weighted by Crippen LogP contribution is -2.18. The van der Waals surface area contributed by atoms with Crippen LogP contribution in [0.4, 0.5) is 5.69 Å². The van der Waals surface area contributed by atoms with E-state index in [4.69, 9.17) is 18.0 Å². The molecule has 0 aliphatic carbocycles. The average molecular weight is 237 g/mol. The predicted molar refractivity (Wildman–Crippen MR) is 72.7 cm³/mol. The highest BCUT2D eigenvalue weighted by Crippen LogP contribution is 2.14. The van der Waals surface area contributed by atoms with E-state index in [1.54, 1.807) is 6.20 Å². The van der Waals surface area contributed by atoms with Crippen LogP contribution in [0.1, 0.15) is 32.4 Å². The van der Waals surface area contributed by atoms with Crippen LogP contribution in [0.3, 0.4) is 0 Å². The van der Waals surface area contributed by atoms with Gasteiger partial charge in [-0.1, -0.05) is 38.9 Å². The molecule has 0 aliphatic heterocycles. The standard InChI is InChI=1S/C12H19N3S/c1-3-9(4-2)8-15-10-6-5-7-14-11(10)12(13)16/h5-7,9,15H,3-4,8H2,1-2H3,(H2,13,16). The molecule has 1 heterocycles. The van der Waals surface area contributed by atoms with Crippen LogP contribution in [0, 0.1) is 5.92 Å². The van der Waals surface area contributed by atoms with Crippen molar-refractivity contribution in [1.82, 2.24) is 4.98 Å². The van der Waals surface area contributed by atoms with Crippen LogP contribution in [0.15, 0.2) is 18.3 Å². The molecule has 0 aliphatic rings. The summed E-state index contributed by atoms with van der Waals surface area (Å²) >= 11 is 4.96. The number of nitrogens with two attached hydrogens (primary N) is 1. The summed E-state index contributed by atoms with van der Waals surface area (Å²) in [4.78, 5) is 4.52. The first kappa shape index (κ1) is 12.9. The zero-order valence-corrected chi connectivity index (χ0v) is 10.7. The fourth-order valence-electron chi connectivity index (χ4n) is 1.58. The third-order valence-corrected chi connectivity index (χ3v) is 2.97. The molecular formula is C12H19N3S. The van der Waals surface area contributed by atoms with Gasteiger partial charge in [-0.2, -0.15) is 0 Å². The summed E-state index contributed by atoms with van der Waals surface area (Å²) in [5.41, 5.74) is 7.23. The van der Waals surface area contributed by atoms with Crippen LogP contribution in [0.5, 0.6) is 0 Å². The number of thiocarbonyl (C=S) groups is 1. The van der Waals surface area contributed by atoms with Gasteiger partial charge in [-0.3, -0.25) is 4.98 Å². The van der Waals surface area contributed by atoms with E-state index in [1.807, 2.05) is 12.1 Å². The van der Waals surface area contributed by atoms with Crippen molar-refractivity contribution in [1.29, 1.82) is 0 Å². The van der Waals surface area contributed by atoms with Crippen LogP contribution in [-0.2, 0) is 0 Å². The fraction of sp³-hybridized carbons (Fsp3) is 0.500. The number of rotatable bonds is 6. The van der Waals surface area contributed by atoms with Crippen molar-refractivity contribution < 1.29 is 0 Å². The van der Waals surface area contributed by atoms with E-state index < -0.39 is 0 Å². The smallest absolute Gasteiger partial charge is 0.124 e. The Kier molecular flexibility index (Phi) is 5.19. The quantitative estimate of drug-likeness (QED) is 0.747. The van der Waals surface area contributed by atoms with Gasteiger partial charge in [-0.15, -0.1) is 0 Å². The molecule has 16 heavy (non-hydrogen) atoms. The van der Waals surface area contributed by atoms with E-state index in [-0.39, 0.29) is 0 Å². The molecule has 0 saturated heterocycles. The molecule has 0 amide bonds. The number of hydrogen-bond acceptors (Lipinski definition) is 3. The molecule has 3 N–H and O–H groups in total. The zero-order chi connectivity index (χ0) is 12.0. The second kappa shape index (κ2) is 6.43. The number of pyridine rings is 1. The minimum absolute atomic E-state index is 0.340. The molecule has 0 bridgehead atoms. The molecule has 0 radical (unpaired) electrons. The summed E-state index contributed by atoms with van der Waals surface area (Å²) in [6, 6.07) is 3.85. The van der Waals surface area contributed by atoms with Gasteiger partial charge in [0.25, 0.3) is 0 Å². The molecule has 1 aromatic heterocycles. The van der Waals surface area contributed by atoms with E-state index in [1.165, 1.54) is 12.8 Å². The highest BCUT2D eigenvalue weighted by molar-refractivity contribution is 7.80. The van der Waals surface area contributed by atoms with E-state index >= 15 is 0 Å². The maximum atomic E-state index is 5.61. The van der Waals surface area contributed by atoms with Crippen molar-refractivity contribution in [3.05, 3.63) is 24.0 Å². The van der Waals surface area contributed by atoms with Crippen molar-refractivity contribution >= 4 is 22.9 Å². The van der Waals surface area contributed by atoms with Gasteiger partial charge in [0.2, 0.25) is 0 Å². The van der Waals surface area contributed by atoms with Gasteiger partial charge in [-0.05, 0) is 18.1 Å². The molecule has 0 unspecified atom stereocenters. The first-order valence-corrected chi connectivity index (χ1v) is 6.08. The maximum absolute atomic E-state index is 5.61. The molecule has 0 spiro atoms. The van der Waals surface area contributed by atoms with Gasteiger partial charge < -0.3 is 11.1 Å². The summed E-state index contributed by atoms with van der Waals surface area (Å²) in [6.07, 6.45) is 4.05. The number of aromatic nitrogens is 1. The Hall–Kier alpha value is -1.16. The Morgan fingerprint density at radius 3 is 2.75 bits per heavy atom. The predicted octanol–water partition coefficient (Wildman–Crippen LogP) is 2.56. The second-order valence-corrected chi connectivity index (χ2v) is 4.27. The lowest BCUT2D eigenvalue weighted by atomic mass is 10.0. The number of anilines is 1. The van der Waals surface area contributed by atoms with Crippen LogP contribution in [0.25, 0.3) is 0 Å². The zero-order valence-electron chi connectivity index (χ0n) is 9.86. The van der Waals surface area contributed by atoms with Crippen molar-refractivity contribution in [2.75, 3.05) is 11.9 Å². The van der Waals surface area contributed by atoms with Crippen molar-refractivity contribution in [3.63, 3.8) is 0 Å². The second-order valence-electron chi connectivity index (χ2n) is 3.83. The summed E-state index contributed by atoms with van der Waals surface area (Å²) in [7, 11) is 0. The SMILES string of the molecule is CCC(CC)CNc1cccnc1C(N)=S. The third kappa shape index (κ3) is 3.45. The van der Waals surface area contributed by atoms with Gasteiger partial charge in [0.05, 0.1) is 5.69 Å². The van der Waals surface area contributed by atoms with Gasteiger partial charge in [-0.25, -0.2) is 0 Å². The first-order chi connectivity index (χ1) is 7.69. The molecule has 3 nitrogen and oxygen atoms in total. The molecule has 1 aromatic rings. The average Bonchev–Trinajstić information content (AvgIpc) is 2.30. The van der Waals surface area contributed by atoms with Gasteiger partial charge in [0.15, 0.2) is 0 Å². The van der Waals surface area contributed by atoms with Crippen molar-refractivity contribution in [2.45, 2.75) is 26.7 Å². The highest BCUT2D eigenvalue weighted by atomic mass is 32.1. The Morgan fingerprint density at radius 1 is 1.50 bits per heavy atom. The van der Waals surface area contributed by atoms with Gasteiger partial charge in [0.1, 0.15) is 10.7 Å². The number of nitrogens with zero attached hydrogens (tertiary/aromatic N) is 1. The van der Waals surface area contributed by atoms with Crippen LogP contribution in [0.2, 0.25) is 0 Å². The molecule has 88 valence electrons. The van der Waals surface area contributed by atoms with E-state index in [0.717, 1.165) is 12.2 Å². The van der Waals surface area contributed by atoms with E-state index in [9.17, 15) is 0 Å². The molecular weight excluding hydrogens is 218 g/mol. The normalized spacial score (nSPS) is 10.4. The third-order valence-electron chi connectivity index (χ3n) is 2.78. The van der Waals surface area contributed by atoms with E-state index in [0.29, 0.717) is 16.6 Å². The van der Waals surface area contributed by atoms with Crippen LogP contribution in [-0.4, -0.2) is 16.5 Å². The number of nitrogens with one attached hydrogen (secondary N) is 1. The fourth-order valence-corrected chi connectivity index (χ4v) is 1.74. The summed E-state index contributed by atoms with van der Waals surface area (Å²) in [6.45, 7) is 5.34. The Morgan fingerprint density at radius 2 is 2.19 bits per heavy atom. The van der Waals surface area contributed by atoms with Gasteiger partial charge >= 0.3 is 0 Å². The molecule has 0 atom stereocenters. The summed E-state index contributed by atoms with van der Waals surface area (Å²) in [5.74, 6) is 0.680. The topological polar surface area (TPSA) is 50.9 Å². The molecule has 0 fully saturated rings. The molecule has 0 aromatic carbocycles. The highest BCUT2D eigenvalue weighted by Gasteiger charge is 2.07. The van der Waals surface area contributed by atoms with Crippen LogP contribution < -0.4 is 11.1 Å².